The third-order valence-electron chi connectivity index (χ3n) is 3.36. The average molecular weight is 530 g/mol. The van der Waals surface area contributed by atoms with Crippen LogP contribution in [0.5, 0.6) is 0 Å². The van der Waals surface area contributed by atoms with Crippen molar-refractivity contribution in [2.75, 3.05) is 0 Å². The number of aliphatic hydroxyl groups excluding tert-OH is 1. The Morgan fingerprint density at radius 3 is 2.35 bits per heavy atom. The van der Waals surface area contributed by atoms with E-state index in [1.807, 2.05) is 0 Å². The van der Waals surface area contributed by atoms with Gasteiger partial charge in [0.15, 0.2) is 18.1 Å². The third-order valence-corrected chi connectivity index (χ3v) is 7.46. The van der Waals surface area contributed by atoms with E-state index in [9.17, 15) is 32.9 Å². The van der Waals surface area contributed by atoms with E-state index in [0.717, 1.165) is 0 Å². The molecule has 1 aliphatic heterocycles. The lowest BCUT2D eigenvalue weighted by atomic mass is 10.00. The quantitative estimate of drug-likeness (QED) is 0.154. The van der Waals surface area contributed by atoms with Gasteiger partial charge in [0.25, 0.3) is 0 Å². The van der Waals surface area contributed by atoms with Crippen molar-refractivity contribution in [3.8, 4) is 12.3 Å². The predicted octanol–water partition coefficient (Wildman–Crippen LogP) is -0.0544. The van der Waals surface area contributed by atoms with Crippen LogP contribution < -0.4 is 5.69 Å². The molecule has 1 aliphatic rings. The average Bonchev–Trinajstić information content (AvgIpc) is 2.79. The molecular weight excluding hydrogens is 519 g/mol. The third kappa shape index (κ3) is 6.01. The number of phosphoric ester groups is 1. The molecule has 2 rings (SSSR count). The van der Waals surface area contributed by atoms with Gasteiger partial charge in [-0.05, 0) is 0 Å². The van der Waals surface area contributed by atoms with Crippen LogP contribution in [0.3, 0.4) is 0 Å². The van der Waals surface area contributed by atoms with Crippen molar-refractivity contribution in [1.29, 1.82) is 0 Å². The first-order valence-electron chi connectivity index (χ1n) is 7.24. The second kappa shape index (κ2) is 8.65. The summed E-state index contributed by atoms with van der Waals surface area (Å²) in [5.74, 6) is 0.160. The molecule has 6 N–H and O–H groups in total. The molecule has 2 heterocycles. The molecule has 15 nitrogen and oxygen atoms in total. The molecule has 0 aromatic carbocycles. The van der Waals surface area contributed by atoms with E-state index in [0.29, 0.717) is 6.20 Å². The number of aromatic nitrogens is 2. The molecule has 0 bridgehead atoms. The van der Waals surface area contributed by atoms with Gasteiger partial charge in [0.2, 0.25) is 12.0 Å². The Bertz CT molecular complexity index is 1180. The highest BCUT2D eigenvalue weighted by Gasteiger charge is 2.60. The van der Waals surface area contributed by atoms with Crippen molar-refractivity contribution in [1.82, 2.24) is 9.55 Å². The number of hydrogen-bond donors (Lipinski definition) is 6. The number of nitrogens with zero attached hydrogens (tertiary/aromatic N) is 1. The zero-order chi connectivity index (χ0) is 24.0. The zero-order valence-electron chi connectivity index (χ0n) is 14.3. The van der Waals surface area contributed by atoms with Crippen LogP contribution in [0, 0.1) is 22.8 Å². The Kier molecular flexibility index (Phi) is 7.29. The van der Waals surface area contributed by atoms with Crippen LogP contribution in [-0.2, 0) is 31.6 Å². The van der Waals surface area contributed by atoms with Crippen molar-refractivity contribution in [2.24, 2.45) is 0 Å². The number of phosphoric acid groups is 3. The predicted molar refractivity (Wildman–Crippen MR) is 93.4 cm³/mol. The highest BCUT2D eigenvalue weighted by Crippen LogP contribution is 2.67. The summed E-state index contributed by atoms with van der Waals surface area (Å²) in [6.07, 6.45) is -2.31. The summed E-state index contributed by atoms with van der Waals surface area (Å²) in [4.78, 5) is 49.3. The number of hydrogen-bond acceptors (Lipinski definition) is 10. The number of rotatable bonds is 7. The molecule has 1 fully saturated rings. The second-order valence-electron chi connectivity index (χ2n) is 5.55. The molecule has 31 heavy (non-hydrogen) atoms. The number of ether oxygens (including phenoxy) is 1. The van der Waals surface area contributed by atoms with Crippen LogP contribution in [0.25, 0.3) is 0 Å². The lowest BCUT2D eigenvalue weighted by Crippen LogP contribution is -2.44. The van der Waals surface area contributed by atoms with Crippen molar-refractivity contribution < 1.29 is 65.0 Å². The molecular formula is C10H11F2N2O13P3S. The number of terminal acetylenes is 1. The molecule has 3 unspecified atom stereocenters. The summed E-state index contributed by atoms with van der Waals surface area (Å²) < 4.78 is 77.9. The zero-order valence-corrected chi connectivity index (χ0v) is 17.8. The number of aliphatic hydroxyl groups is 1. The van der Waals surface area contributed by atoms with Gasteiger partial charge >= 0.3 is 29.2 Å². The molecule has 21 heteroatoms. The van der Waals surface area contributed by atoms with E-state index >= 15 is 4.39 Å². The first-order chi connectivity index (χ1) is 13.9. The molecule has 6 atom stereocenters. The van der Waals surface area contributed by atoms with E-state index in [2.05, 4.69) is 25.4 Å². The topological polar surface area (TPSA) is 227 Å². The summed E-state index contributed by atoms with van der Waals surface area (Å²) in [5.41, 5.74) is -4.68. The van der Waals surface area contributed by atoms with Crippen LogP contribution in [0.4, 0.5) is 8.78 Å². The van der Waals surface area contributed by atoms with Gasteiger partial charge in [-0.25, -0.2) is 27.3 Å². The van der Waals surface area contributed by atoms with Gasteiger partial charge in [-0.2, -0.15) is 8.62 Å². The molecule has 0 amide bonds. The van der Waals surface area contributed by atoms with E-state index in [1.165, 1.54) is 5.92 Å². The van der Waals surface area contributed by atoms with Crippen molar-refractivity contribution in [2.45, 2.75) is 24.3 Å². The minimum Gasteiger partial charge on any atom is -0.383 e. The summed E-state index contributed by atoms with van der Waals surface area (Å²) in [5, 5.41) is 10.0. The number of nitrogens with one attached hydrogen (secondary N) is 1. The van der Waals surface area contributed by atoms with E-state index in [1.54, 1.807) is 4.98 Å². The van der Waals surface area contributed by atoms with Gasteiger partial charge < -0.3 is 29.4 Å². The van der Waals surface area contributed by atoms with Gasteiger partial charge in [0.1, 0.15) is 4.64 Å². The van der Waals surface area contributed by atoms with Gasteiger partial charge in [0, 0.05) is 0 Å². The fraction of sp³-hybridized carbons (Fsp3) is 0.400. The molecule has 0 radical (unpaired) electrons. The Balaban J connectivity index is 2.35. The van der Waals surface area contributed by atoms with E-state index in [-0.39, 0.29) is 4.57 Å². The highest BCUT2D eigenvalue weighted by atomic mass is 32.1. The summed E-state index contributed by atoms with van der Waals surface area (Å²) >= 11 is 4.47. The Morgan fingerprint density at radius 2 is 1.84 bits per heavy atom. The van der Waals surface area contributed by atoms with Crippen molar-refractivity contribution in [3.63, 3.8) is 0 Å². The highest BCUT2D eigenvalue weighted by molar-refractivity contribution is 7.71. The summed E-state index contributed by atoms with van der Waals surface area (Å²) in [6, 6.07) is 0. The minimum atomic E-state index is -5.94. The van der Waals surface area contributed by atoms with Crippen molar-refractivity contribution in [3.05, 3.63) is 27.1 Å². The number of aromatic amines is 1. The monoisotopic (exact) mass is 530 g/mol. The molecule has 0 saturated carbocycles. The van der Waals surface area contributed by atoms with Gasteiger partial charge in [-0.3, -0.25) is 14.1 Å². The molecule has 1 aromatic heterocycles. The van der Waals surface area contributed by atoms with Crippen LogP contribution in [-0.4, -0.2) is 52.3 Å². The summed E-state index contributed by atoms with van der Waals surface area (Å²) in [6.45, 7) is 0. The molecule has 1 saturated heterocycles. The molecule has 0 spiro atoms. The largest absolute Gasteiger partial charge is 0.490 e. The lowest BCUT2D eigenvalue weighted by molar-refractivity contribution is -0.135. The fourth-order valence-corrected chi connectivity index (χ4v) is 5.44. The second-order valence-corrected chi connectivity index (χ2v) is 10.3. The minimum absolute atomic E-state index is 0.161. The normalized spacial score (nSPS) is 30.3. The smallest absolute Gasteiger partial charge is 0.383 e. The maximum absolute atomic E-state index is 15.1. The fourth-order valence-electron chi connectivity index (χ4n) is 2.22. The van der Waals surface area contributed by atoms with Crippen LogP contribution in [0.1, 0.15) is 6.23 Å². The Labute approximate surface area is 174 Å². The first kappa shape index (κ1) is 26.1. The van der Waals surface area contributed by atoms with Crippen LogP contribution >= 0.6 is 35.7 Å². The first-order valence-corrected chi connectivity index (χ1v) is 12.2. The van der Waals surface area contributed by atoms with Gasteiger partial charge in [-0.1, -0.05) is 18.1 Å². The van der Waals surface area contributed by atoms with Gasteiger partial charge in [0.05, 0.1) is 6.20 Å². The Hall–Kier alpha value is -1.15. The summed E-state index contributed by atoms with van der Waals surface area (Å²) in [7, 11) is -17.5. The van der Waals surface area contributed by atoms with E-state index in [4.69, 9.17) is 25.8 Å². The van der Waals surface area contributed by atoms with Crippen LogP contribution in [0.2, 0.25) is 0 Å². The number of H-pyrrole nitrogens is 1. The van der Waals surface area contributed by atoms with E-state index < -0.39 is 63.9 Å². The Morgan fingerprint density at radius 1 is 1.26 bits per heavy atom. The molecule has 1 aromatic rings. The maximum Gasteiger partial charge on any atom is 0.490 e. The number of alkyl halides is 1. The molecule has 0 aliphatic carbocycles. The molecule has 174 valence electrons. The maximum atomic E-state index is 15.1. The SMILES string of the molecule is C#CC1(F)[C@@H](O)[C@@H](OP(=O)(O)OP(=O)(O)OP(=O)(O)O)O[C@H]1n1cc(F)c(=S)[nH]c1=O. The standard InChI is InChI=1S/C10H11F2N2O13P3S/c1-2-10(12)5(15)7(24-8(10)14-3-4(11)6(31)13-9(14)16)25-29(20,21)27-30(22,23)26-28(17,18)19/h1,3,5,7-8,15H,(H,20,21)(H,22,23)(H,13,16,31)(H2,17,18,19)/t5-,7+,8+,10?/m0/s1. The lowest BCUT2D eigenvalue weighted by Gasteiger charge is -2.23. The van der Waals surface area contributed by atoms with Gasteiger partial charge in [-0.15, -0.1) is 6.42 Å². The number of halogens is 2. The van der Waals surface area contributed by atoms with Crippen LogP contribution in [0.15, 0.2) is 11.0 Å². The van der Waals surface area contributed by atoms with Crippen molar-refractivity contribution >= 4 is 35.7 Å².